The first-order chi connectivity index (χ1) is 13.0. The summed E-state index contributed by atoms with van der Waals surface area (Å²) >= 11 is 3.56. The Morgan fingerprint density at radius 1 is 1.00 bits per heavy atom. The summed E-state index contributed by atoms with van der Waals surface area (Å²) in [6.45, 7) is 4.85. The molecule has 0 aliphatic heterocycles. The summed E-state index contributed by atoms with van der Waals surface area (Å²) in [5.74, 6) is 1.31. The lowest BCUT2D eigenvalue weighted by Gasteiger charge is -2.12. The van der Waals surface area contributed by atoms with Crippen molar-refractivity contribution in [3.8, 4) is 11.5 Å². The molecular weight excluding hydrogens is 406 g/mol. The third-order valence-electron chi connectivity index (χ3n) is 4.20. The normalized spacial score (nSPS) is 10.6. The van der Waals surface area contributed by atoms with Crippen molar-refractivity contribution in [1.82, 2.24) is 5.32 Å². The summed E-state index contributed by atoms with van der Waals surface area (Å²) in [6, 6.07) is 17.9. The second-order valence-corrected chi connectivity index (χ2v) is 7.15. The number of nitrogens with one attached hydrogen (secondary N) is 1. The number of fused-ring (bicyclic) bond motifs is 1. The smallest absolute Gasteiger partial charge is 0.258 e. The minimum Gasteiger partial charge on any atom is -0.491 e. The van der Waals surface area contributed by atoms with Crippen molar-refractivity contribution in [2.45, 2.75) is 13.8 Å². The summed E-state index contributed by atoms with van der Waals surface area (Å²) in [5, 5.41) is 4.97. The third-order valence-corrected chi connectivity index (χ3v) is 5.02. The number of carbonyl (C=O) groups is 1. The fourth-order valence-electron chi connectivity index (χ4n) is 2.83. The molecule has 0 radical (unpaired) electrons. The lowest BCUT2D eigenvalue weighted by molar-refractivity contribution is -0.123. The highest BCUT2D eigenvalue weighted by Gasteiger charge is 2.08. The summed E-state index contributed by atoms with van der Waals surface area (Å²) in [5.41, 5.74) is 2.29. The molecule has 0 aliphatic carbocycles. The fourth-order valence-corrected chi connectivity index (χ4v) is 3.44. The molecule has 0 saturated carbocycles. The lowest BCUT2D eigenvalue weighted by Crippen LogP contribution is -2.32. The van der Waals surface area contributed by atoms with Crippen molar-refractivity contribution in [3.63, 3.8) is 0 Å². The number of benzene rings is 3. The van der Waals surface area contributed by atoms with Crippen molar-refractivity contribution < 1.29 is 14.3 Å². The van der Waals surface area contributed by atoms with E-state index >= 15 is 0 Å². The van der Waals surface area contributed by atoms with Crippen LogP contribution in [-0.4, -0.2) is 25.7 Å². The van der Waals surface area contributed by atoms with Crippen LogP contribution in [0, 0.1) is 13.8 Å². The molecule has 0 aliphatic rings. The Balaban J connectivity index is 1.45. The SMILES string of the molecule is Cc1ccc(OCCNC(=O)COc2ccc3ccccc3c2Br)c(C)c1. The van der Waals surface area contributed by atoms with Crippen LogP contribution in [0.4, 0.5) is 0 Å². The molecule has 4 nitrogen and oxygen atoms in total. The van der Waals surface area contributed by atoms with Crippen LogP contribution >= 0.6 is 15.9 Å². The van der Waals surface area contributed by atoms with Crippen LogP contribution in [0.2, 0.25) is 0 Å². The zero-order valence-electron chi connectivity index (χ0n) is 15.4. The molecule has 0 spiro atoms. The number of rotatable bonds is 7. The summed E-state index contributed by atoms with van der Waals surface area (Å²) in [7, 11) is 0. The molecule has 0 atom stereocenters. The Kier molecular flexibility index (Phi) is 6.35. The molecule has 0 aromatic heterocycles. The summed E-state index contributed by atoms with van der Waals surface area (Å²) < 4.78 is 12.2. The molecule has 5 heteroatoms. The Labute approximate surface area is 167 Å². The van der Waals surface area contributed by atoms with Crippen LogP contribution in [0.25, 0.3) is 10.8 Å². The first-order valence-corrected chi connectivity index (χ1v) is 9.60. The van der Waals surface area contributed by atoms with E-state index in [9.17, 15) is 4.79 Å². The van der Waals surface area contributed by atoms with Gasteiger partial charge in [0.15, 0.2) is 6.61 Å². The summed E-state index contributed by atoms with van der Waals surface area (Å²) in [6.07, 6.45) is 0. The van der Waals surface area contributed by atoms with Gasteiger partial charge < -0.3 is 14.8 Å². The van der Waals surface area contributed by atoms with Gasteiger partial charge in [0.2, 0.25) is 0 Å². The van der Waals surface area contributed by atoms with Crippen molar-refractivity contribution in [3.05, 3.63) is 70.2 Å². The Hall–Kier alpha value is -2.53. The molecule has 0 unspecified atom stereocenters. The maximum absolute atomic E-state index is 12.0. The van der Waals surface area contributed by atoms with Gasteiger partial charge in [0.25, 0.3) is 5.91 Å². The molecule has 0 saturated heterocycles. The number of ether oxygens (including phenoxy) is 2. The van der Waals surface area contributed by atoms with Crippen molar-refractivity contribution >= 4 is 32.6 Å². The highest BCUT2D eigenvalue weighted by atomic mass is 79.9. The van der Waals surface area contributed by atoms with Gasteiger partial charge >= 0.3 is 0 Å². The molecule has 140 valence electrons. The maximum atomic E-state index is 12.0. The Bertz CT molecular complexity index is 955. The highest BCUT2D eigenvalue weighted by Crippen LogP contribution is 2.32. The molecule has 3 aromatic carbocycles. The zero-order valence-corrected chi connectivity index (χ0v) is 17.0. The second kappa shape index (κ2) is 8.91. The largest absolute Gasteiger partial charge is 0.491 e. The standard InChI is InChI=1S/C22H22BrNO3/c1-15-7-9-19(16(2)13-15)26-12-11-24-21(25)14-27-20-10-8-17-5-3-4-6-18(17)22(20)23/h3-10,13H,11-12,14H2,1-2H3,(H,24,25). The van der Waals surface area contributed by atoms with Crippen molar-refractivity contribution in [2.24, 2.45) is 0 Å². The van der Waals surface area contributed by atoms with Crippen LogP contribution in [0.1, 0.15) is 11.1 Å². The molecular formula is C22H22BrNO3. The van der Waals surface area contributed by atoms with Crippen LogP contribution < -0.4 is 14.8 Å². The number of aryl methyl sites for hydroxylation is 2. The van der Waals surface area contributed by atoms with Crippen LogP contribution in [0.3, 0.4) is 0 Å². The van der Waals surface area contributed by atoms with Crippen LogP contribution in [0.5, 0.6) is 11.5 Å². The van der Waals surface area contributed by atoms with Gasteiger partial charge in [-0.05, 0) is 58.2 Å². The summed E-state index contributed by atoms with van der Waals surface area (Å²) in [4.78, 5) is 12.0. The van der Waals surface area contributed by atoms with Gasteiger partial charge in [0.1, 0.15) is 18.1 Å². The van der Waals surface area contributed by atoms with Gasteiger partial charge in [0.05, 0.1) is 11.0 Å². The van der Waals surface area contributed by atoms with E-state index in [-0.39, 0.29) is 12.5 Å². The van der Waals surface area contributed by atoms with E-state index in [1.54, 1.807) is 0 Å². The monoisotopic (exact) mass is 427 g/mol. The Morgan fingerprint density at radius 2 is 1.78 bits per heavy atom. The maximum Gasteiger partial charge on any atom is 0.258 e. The molecule has 3 aromatic rings. The molecule has 3 rings (SSSR count). The highest BCUT2D eigenvalue weighted by molar-refractivity contribution is 9.10. The first kappa shape index (κ1) is 19.2. The van der Waals surface area contributed by atoms with E-state index in [0.29, 0.717) is 18.9 Å². The van der Waals surface area contributed by atoms with Crippen LogP contribution in [0.15, 0.2) is 59.1 Å². The molecule has 1 N–H and O–H groups in total. The fraction of sp³-hybridized carbons (Fsp3) is 0.227. The zero-order chi connectivity index (χ0) is 19.2. The molecule has 27 heavy (non-hydrogen) atoms. The molecule has 0 heterocycles. The van der Waals surface area contributed by atoms with E-state index in [2.05, 4.69) is 27.3 Å². The van der Waals surface area contributed by atoms with Gasteiger partial charge in [-0.25, -0.2) is 0 Å². The third kappa shape index (κ3) is 5.01. The van der Waals surface area contributed by atoms with Gasteiger partial charge in [-0.3, -0.25) is 4.79 Å². The minimum atomic E-state index is -0.181. The van der Waals surface area contributed by atoms with E-state index in [1.165, 1.54) is 5.56 Å². The van der Waals surface area contributed by atoms with E-state index < -0.39 is 0 Å². The van der Waals surface area contributed by atoms with Gasteiger partial charge in [-0.2, -0.15) is 0 Å². The average Bonchev–Trinajstić information content (AvgIpc) is 2.66. The Morgan fingerprint density at radius 3 is 2.59 bits per heavy atom. The van der Waals surface area contributed by atoms with E-state index in [1.807, 2.05) is 62.4 Å². The van der Waals surface area contributed by atoms with Crippen molar-refractivity contribution in [1.29, 1.82) is 0 Å². The number of amides is 1. The number of hydrogen-bond donors (Lipinski definition) is 1. The first-order valence-electron chi connectivity index (χ1n) is 8.81. The number of halogens is 1. The average molecular weight is 428 g/mol. The minimum absolute atomic E-state index is 0.0412. The predicted octanol–water partition coefficient (Wildman–Crippen LogP) is 4.79. The predicted molar refractivity (Wildman–Crippen MR) is 112 cm³/mol. The number of carbonyl (C=O) groups excluding carboxylic acids is 1. The molecule has 1 amide bonds. The van der Waals surface area contributed by atoms with Gasteiger partial charge in [-0.15, -0.1) is 0 Å². The van der Waals surface area contributed by atoms with Crippen LogP contribution in [-0.2, 0) is 4.79 Å². The van der Waals surface area contributed by atoms with Gasteiger partial charge in [-0.1, -0.05) is 48.0 Å². The lowest BCUT2D eigenvalue weighted by atomic mass is 10.1. The molecule has 0 fully saturated rings. The van der Waals surface area contributed by atoms with E-state index in [0.717, 1.165) is 26.6 Å². The van der Waals surface area contributed by atoms with Crippen molar-refractivity contribution in [2.75, 3.05) is 19.8 Å². The van der Waals surface area contributed by atoms with Gasteiger partial charge in [0, 0.05) is 0 Å². The molecule has 0 bridgehead atoms. The quantitative estimate of drug-likeness (QED) is 0.551. The topological polar surface area (TPSA) is 47.6 Å². The van der Waals surface area contributed by atoms with E-state index in [4.69, 9.17) is 9.47 Å². The number of hydrogen-bond acceptors (Lipinski definition) is 3. The second-order valence-electron chi connectivity index (χ2n) is 6.35.